The second-order valence-electron chi connectivity index (χ2n) is 4.29. The first-order valence-corrected chi connectivity index (χ1v) is 7.50. The van der Waals surface area contributed by atoms with Gasteiger partial charge in [0.2, 0.25) is 10.0 Å². The number of aryl methyl sites for hydroxylation is 1. The average molecular weight is 286 g/mol. The highest BCUT2D eigenvalue weighted by molar-refractivity contribution is 7.92. The lowest BCUT2D eigenvalue weighted by Gasteiger charge is -2.26. The molecular weight excluding hydrogens is 272 g/mol. The van der Waals surface area contributed by atoms with Gasteiger partial charge in [-0.25, -0.2) is 13.9 Å². The van der Waals surface area contributed by atoms with E-state index >= 15 is 0 Å². The number of hydrogen-bond donors (Lipinski definition) is 3. The SMILES string of the molecule is CS(=O)(=O)Nc1cccc2c1OC(C(=O)NO)CC2. The van der Waals surface area contributed by atoms with Crippen molar-refractivity contribution in [2.24, 2.45) is 0 Å². The van der Waals surface area contributed by atoms with E-state index < -0.39 is 22.0 Å². The molecule has 0 bridgehead atoms. The van der Waals surface area contributed by atoms with Crippen molar-refractivity contribution in [2.75, 3.05) is 11.0 Å². The lowest BCUT2D eigenvalue weighted by molar-refractivity contribution is -0.137. The molecule has 1 aliphatic rings. The maximum atomic E-state index is 11.3. The number of ether oxygens (including phenoxy) is 1. The highest BCUT2D eigenvalue weighted by Gasteiger charge is 2.28. The molecule has 3 N–H and O–H groups in total. The molecule has 1 atom stereocenters. The first-order valence-electron chi connectivity index (χ1n) is 5.61. The lowest BCUT2D eigenvalue weighted by atomic mass is 10.0. The number of rotatable bonds is 3. The first-order chi connectivity index (χ1) is 8.90. The van der Waals surface area contributed by atoms with Crippen LogP contribution in [0.15, 0.2) is 18.2 Å². The van der Waals surface area contributed by atoms with E-state index in [0.717, 1.165) is 11.8 Å². The zero-order valence-corrected chi connectivity index (χ0v) is 11.0. The number of carbonyl (C=O) groups is 1. The van der Waals surface area contributed by atoms with Crippen LogP contribution >= 0.6 is 0 Å². The van der Waals surface area contributed by atoms with Crippen LogP contribution in [0.5, 0.6) is 5.75 Å². The smallest absolute Gasteiger partial charge is 0.284 e. The molecule has 0 radical (unpaired) electrons. The van der Waals surface area contributed by atoms with Crippen LogP contribution in [0.4, 0.5) is 5.69 Å². The number of benzene rings is 1. The second kappa shape index (κ2) is 5.06. The Labute approximate surface area is 110 Å². The Morgan fingerprint density at radius 3 is 2.84 bits per heavy atom. The predicted octanol–water partition coefficient (Wildman–Crippen LogP) is 0.257. The van der Waals surface area contributed by atoms with E-state index in [-0.39, 0.29) is 5.69 Å². The Morgan fingerprint density at radius 2 is 2.21 bits per heavy atom. The third-order valence-corrected chi connectivity index (χ3v) is 3.32. The number of hydroxylamine groups is 1. The molecule has 0 saturated heterocycles. The first kappa shape index (κ1) is 13.6. The summed E-state index contributed by atoms with van der Waals surface area (Å²) in [6, 6.07) is 5.07. The molecular formula is C11H14N2O5S. The maximum absolute atomic E-state index is 11.3. The molecule has 1 unspecified atom stereocenters. The standard InChI is InChI=1S/C11H14N2O5S/c1-19(16,17)13-8-4-2-3-7-5-6-9(11(14)12-15)18-10(7)8/h2-4,9,13,15H,5-6H2,1H3,(H,12,14). The van der Waals surface area contributed by atoms with Crippen molar-refractivity contribution in [1.82, 2.24) is 5.48 Å². The third kappa shape index (κ3) is 3.15. The predicted molar refractivity (Wildman–Crippen MR) is 67.6 cm³/mol. The van der Waals surface area contributed by atoms with Gasteiger partial charge in [-0.3, -0.25) is 14.7 Å². The zero-order chi connectivity index (χ0) is 14.0. The summed E-state index contributed by atoms with van der Waals surface area (Å²) in [5, 5.41) is 8.60. The minimum atomic E-state index is -3.43. The molecule has 104 valence electrons. The summed E-state index contributed by atoms with van der Waals surface area (Å²) >= 11 is 0. The summed E-state index contributed by atoms with van der Waals surface area (Å²) in [5.74, 6) is -0.326. The Kier molecular flexibility index (Phi) is 3.63. The molecule has 1 aromatic carbocycles. The van der Waals surface area contributed by atoms with Crippen LogP contribution in [0.1, 0.15) is 12.0 Å². The minimum absolute atomic E-state index is 0.287. The van der Waals surface area contributed by atoms with Gasteiger partial charge in [-0.2, -0.15) is 0 Å². The Bertz CT molecular complexity index is 599. The normalized spacial score (nSPS) is 18.1. The van der Waals surface area contributed by atoms with Gasteiger partial charge in [-0.1, -0.05) is 12.1 Å². The van der Waals surface area contributed by atoms with E-state index in [1.807, 2.05) is 0 Å². The minimum Gasteiger partial charge on any atom is -0.478 e. The van der Waals surface area contributed by atoms with Crippen LogP contribution < -0.4 is 14.9 Å². The number of hydrogen-bond acceptors (Lipinski definition) is 5. The third-order valence-electron chi connectivity index (χ3n) is 2.73. The summed E-state index contributed by atoms with van der Waals surface area (Å²) < 4.78 is 30.3. The average Bonchev–Trinajstić information content (AvgIpc) is 2.36. The van der Waals surface area contributed by atoms with Crippen LogP contribution in [0.3, 0.4) is 0 Å². The van der Waals surface area contributed by atoms with Gasteiger partial charge in [0, 0.05) is 0 Å². The number of sulfonamides is 1. The molecule has 1 aromatic rings. The quantitative estimate of drug-likeness (QED) is 0.546. The van der Waals surface area contributed by atoms with Crippen molar-refractivity contribution in [2.45, 2.75) is 18.9 Å². The summed E-state index contributed by atoms with van der Waals surface area (Å²) in [4.78, 5) is 11.3. The van der Waals surface area contributed by atoms with Crippen molar-refractivity contribution in [1.29, 1.82) is 0 Å². The van der Waals surface area contributed by atoms with Crippen LogP contribution in [-0.2, 0) is 21.2 Å². The van der Waals surface area contributed by atoms with Gasteiger partial charge >= 0.3 is 0 Å². The molecule has 8 heteroatoms. The highest BCUT2D eigenvalue weighted by atomic mass is 32.2. The number of para-hydroxylation sites is 1. The fraction of sp³-hybridized carbons (Fsp3) is 0.364. The fourth-order valence-electron chi connectivity index (χ4n) is 1.95. The summed E-state index contributed by atoms with van der Waals surface area (Å²) in [7, 11) is -3.43. The second-order valence-corrected chi connectivity index (χ2v) is 6.04. The molecule has 1 heterocycles. The van der Waals surface area contributed by atoms with E-state index in [1.165, 1.54) is 5.48 Å². The summed E-state index contributed by atoms with van der Waals surface area (Å²) in [6.07, 6.45) is 1.18. The van der Waals surface area contributed by atoms with Gasteiger partial charge in [0.25, 0.3) is 5.91 Å². The highest BCUT2D eigenvalue weighted by Crippen LogP contribution is 2.35. The van der Waals surface area contributed by atoms with Gasteiger partial charge < -0.3 is 4.74 Å². The number of fused-ring (bicyclic) bond motifs is 1. The molecule has 0 aromatic heterocycles. The summed E-state index contributed by atoms with van der Waals surface area (Å²) in [5.41, 5.74) is 2.63. The monoisotopic (exact) mass is 286 g/mol. The van der Waals surface area contributed by atoms with Crippen LogP contribution in [-0.4, -0.2) is 31.9 Å². The lowest BCUT2D eigenvalue weighted by Crippen LogP contribution is -2.39. The summed E-state index contributed by atoms with van der Waals surface area (Å²) in [6.45, 7) is 0. The molecule has 7 nitrogen and oxygen atoms in total. The van der Waals surface area contributed by atoms with E-state index in [1.54, 1.807) is 18.2 Å². The molecule has 0 fully saturated rings. The van der Waals surface area contributed by atoms with Gasteiger partial charge in [-0.15, -0.1) is 0 Å². The van der Waals surface area contributed by atoms with E-state index in [9.17, 15) is 13.2 Å². The number of amides is 1. The molecule has 1 aliphatic heterocycles. The van der Waals surface area contributed by atoms with Crippen LogP contribution in [0.25, 0.3) is 0 Å². The molecule has 1 amide bonds. The molecule has 19 heavy (non-hydrogen) atoms. The Balaban J connectivity index is 2.33. The maximum Gasteiger partial charge on any atom is 0.284 e. The number of anilines is 1. The largest absolute Gasteiger partial charge is 0.478 e. The van der Waals surface area contributed by atoms with Crippen LogP contribution in [0.2, 0.25) is 0 Å². The van der Waals surface area contributed by atoms with Gasteiger partial charge in [0.1, 0.15) is 5.75 Å². The van der Waals surface area contributed by atoms with Gasteiger partial charge in [-0.05, 0) is 24.5 Å². The molecule has 0 spiro atoms. The van der Waals surface area contributed by atoms with Gasteiger partial charge in [0.15, 0.2) is 6.10 Å². The zero-order valence-electron chi connectivity index (χ0n) is 10.2. The Hall–Kier alpha value is -1.80. The number of carbonyl (C=O) groups excluding carboxylic acids is 1. The van der Waals surface area contributed by atoms with Crippen LogP contribution in [0, 0.1) is 0 Å². The molecule has 0 aliphatic carbocycles. The van der Waals surface area contributed by atoms with E-state index in [0.29, 0.717) is 18.6 Å². The number of nitrogens with one attached hydrogen (secondary N) is 2. The van der Waals surface area contributed by atoms with E-state index in [4.69, 9.17) is 9.94 Å². The van der Waals surface area contributed by atoms with Gasteiger partial charge in [0.05, 0.1) is 11.9 Å². The molecule has 2 rings (SSSR count). The fourth-order valence-corrected chi connectivity index (χ4v) is 2.51. The van der Waals surface area contributed by atoms with Crippen molar-refractivity contribution < 1.29 is 23.2 Å². The molecule has 0 saturated carbocycles. The van der Waals surface area contributed by atoms with Crippen molar-refractivity contribution in [3.63, 3.8) is 0 Å². The van der Waals surface area contributed by atoms with E-state index in [2.05, 4.69) is 4.72 Å². The van der Waals surface area contributed by atoms with Crippen molar-refractivity contribution >= 4 is 21.6 Å². The topological polar surface area (TPSA) is 105 Å². The Morgan fingerprint density at radius 1 is 1.47 bits per heavy atom. The van der Waals surface area contributed by atoms with Crippen molar-refractivity contribution in [3.8, 4) is 5.75 Å². The van der Waals surface area contributed by atoms with Crippen molar-refractivity contribution in [3.05, 3.63) is 23.8 Å².